The fourth-order valence-electron chi connectivity index (χ4n) is 7.57. The molecule has 0 spiro atoms. The highest BCUT2D eigenvalue weighted by molar-refractivity contribution is 7.47. The van der Waals surface area contributed by atoms with E-state index in [4.69, 9.17) is 24.3 Å². The number of esters is 2. The summed E-state index contributed by atoms with van der Waals surface area (Å²) in [5.41, 5.74) is 5.37. The van der Waals surface area contributed by atoms with Gasteiger partial charge in [0.15, 0.2) is 6.10 Å². The van der Waals surface area contributed by atoms with Crippen LogP contribution in [0.1, 0.15) is 251 Å². The van der Waals surface area contributed by atoms with Crippen molar-refractivity contribution in [3.8, 4) is 0 Å². The fraction of sp³-hybridized carbons (Fsp3) is 0.815. The second-order valence-corrected chi connectivity index (χ2v) is 19.2. The summed E-state index contributed by atoms with van der Waals surface area (Å²) in [6.45, 7) is 3.66. The maximum absolute atomic E-state index is 12.7. The maximum atomic E-state index is 12.7. The highest BCUT2D eigenvalue weighted by Gasteiger charge is 2.26. The zero-order valence-corrected chi connectivity index (χ0v) is 42.4. The van der Waals surface area contributed by atoms with Crippen LogP contribution in [0.15, 0.2) is 48.6 Å². The van der Waals surface area contributed by atoms with Crippen LogP contribution in [0, 0.1) is 0 Å². The zero-order chi connectivity index (χ0) is 46.7. The van der Waals surface area contributed by atoms with Crippen LogP contribution in [0.2, 0.25) is 0 Å². The van der Waals surface area contributed by atoms with Crippen molar-refractivity contribution in [1.29, 1.82) is 0 Å². The average Bonchev–Trinajstić information content (AvgIpc) is 3.28. The Hall–Kier alpha value is -2.03. The van der Waals surface area contributed by atoms with E-state index in [9.17, 15) is 19.0 Å². The third kappa shape index (κ3) is 49.4. The number of carbonyl (C=O) groups is 2. The summed E-state index contributed by atoms with van der Waals surface area (Å²) in [5.74, 6) is -0.818. The molecule has 0 saturated carbocycles. The minimum Gasteiger partial charge on any atom is -0.462 e. The number of carbonyl (C=O) groups excluding carboxylic acids is 2. The minimum atomic E-state index is -4.38. The van der Waals surface area contributed by atoms with Gasteiger partial charge in [-0.3, -0.25) is 18.6 Å². The molecular formula is C54H100NO8P. The number of nitrogens with two attached hydrogens (primary N) is 1. The number of hydrogen-bond acceptors (Lipinski definition) is 8. The van der Waals surface area contributed by atoms with Crippen molar-refractivity contribution in [3.63, 3.8) is 0 Å². The van der Waals surface area contributed by atoms with Crippen LogP contribution in [0.3, 0.4) is 0 Å². The molecule has 0 amide bonds. The third-order valence-corrected chi connectivity index (χ3v) is 12.5. The maximum Gasteiger partial charge on any atom is 0.472 e. The largest absolute Gasteiger partial charge is 0.472 e. The molecule has 64 heavy (non-hydrogen) atoms. The molecule has 2 unspecified atom stereocenters. The van der Waals surface area contributed by atoms with Gasteiger partial charge in [-0.05, 0) is 51.4 Å². The quantitative estimate of drug-likeness (QED) is 0.0265. The summed E-state index contributed by atoms with van der Waals surface area (Å²) in [6, 6.07) is 0. The third-order valence-electron chi connectivity index (χ3n) is 11.5. The summed E-state index contributed by atoms with van der Waals surface area (Å²) in [5, 5.41) is 0. The first-order valence-corrected chi connectivity index (χ1v) is 28.1. The van der Waals surface area contributed by atoms with Gasteiger partial charge in [-0.25, -0.2) is 4.57 Å². The van der Waals surface area contributed by atoms with Gasteiger partial charge in [0.2, 0.25) is 0 Å². The number of hydrogen-bond donors (Lipinski definition) is 2. The number of allylic oxidation sites excluding steroid dienone is 8. The van der Waals surface area contributed by atoms with E-state index in [1.165, 1.54) is 154 Å². The molecule has 10 heteroatoms. The van der Waals surface area contributed by atoms with Crippen molar-refractivity contribution in [1.82, 2.24) is 0 Å². The molecule has 0 rings (SSSR count). The van der Waals surface area contributed by atoms with E-state index in [0.717, 1.165) is 64.2 Å². The van der Waals surface area contributed by atoms with Crippen LogP contribution >= 0.6 is 7.82 Å². The lowest BCUT2D eigenvalue weighted by atomic mass is 10.0. The summed E-state index contributed by atoms with van der Waals surface area (Å²) < 4.78 is 33.0. The van der Waals surface area contributed by atoms with Gasteiger partial charge in [0.25, 0.3) is 0 Å². The highest BCUT2D eigenvalue weighted by Crippen LogP contribution is 2.43. The predicted molar refractivity (Wildman–Crippen MR) is 270 cm³/mol. The lowest BCUT2D eigenvalue weighted by Gasteiger charge is -2.19. The summed E-state index contributed by atoms with van der Waals surface area (Å²) in [7, 11) is -4.38. The van der Waals surface area contributed by atoms with Crippen LogP contribution in [0.4, 0.5) is 0 Å². The average molecular weight is 922 g/mol. The van der Waals surface area contributed by atoms with Gasteiger partial charge in [0, 0.05) is 19.4 Å². The molecule has 0 bridgehead atoms. The Morgan fingerprint density at radius 1 is 0.484 bits per heavy atom. The van der Waals surface area contributed by atoms with Crippen molar-refractivity contribution in [2.45, 2.75) is 258 Å². The summed E-state index contributed by atoms with van der Waals surface area (Å²) in [6.07, 6.45) is 60.1. The Morgan fingerprint density at radius 3 is 1.28 bits per heavy atom. The Morgan fingerprint density at radius 2 is 0.859 bits per heavy atom. The van der Waals surface area contributed by atoms with Gasteiger partial charge < -0.3 is 20.1 Å². The van der Waals surface area contributed by atoms with E-state index >= 15 is 0 Å². The molecule has 0 aliphatic heterocycles. The molecule has 0 heterocycles. The standard InChI is InChI=1S/C54H100NO8P/c1-3-5-7-9-11-13-15-17-19-21-22-23-24-25-26-27-28-29-30-31-33-35-37-39-41-43-45-47-54(57)63-52(51-62-64(58,59)61-49-48-55)50-60-53(56)46-44-42-40-38-36-34-32-20-18-16-14-12-10-8-6-4-2/h5,7,11,13,17,19,22-23,52H,3-4,6,8-10,12,14-16,18,20-21,24-51,55H2,1-2H3,(H,58,59)/b7-5-,13-11-,19-17-,23-22-. The molecule has 0 fully saturated rings. The van der Waals surface area contributed by atoms with Crippen molar-refractivity contribution in [2.75, 3.05) is 26.4 Å². The minimum absolute atomic E-state index is 0.0542. The highest BCUT2D eigenvalue weighted by atomic mass is 31.2. The molecule has 0 aromatic heterocycles. The molecule has 0 aliphatic rings. The van der Waals surface area contributed by atoms with Crippen molar-refractivity contribution in [2.24, 2.45) is 5.73 Å². The van der Waals surface area contributed by atoms with Gasteiger partial charge in [-0.15, -0.1) is 0 Å². The first kappa shape index (κ1) is 62.0. The van der Waals surface area contributed by atoms with Crippen molar-refractivity contribution < 1.29 is 37.6 Å². The molecule has 0 aromatic rings. The van der Waals surface area contributed by atoms with Crippen LogP contribution < -0.4 is 5.73 Å². The number of ether oxygens (including phenoxy) is 2. The Labute approximate surface area is 394 Å². The summed E-state index contributed by atoms with van der Waals surface area (Å²) >= 11 is 0. The van der Waals surface area contributed by atoms with E-state index in [1.54, 1.807) is 0 Å². The molecule has 0 radical (unpaired) electrons. The molecule has 374 valence electrons. The molecule has 0 saturated heterocycles. The van der Waals surface area contributed by atoms with Crippen LogP contribution in [0.5, 0.6) is 0 Å². The number of phosphoric acid groups is 1. The SMILES string of the molecule is CC/C=C\C/C=C\C/C=C\C/C=C\CCCCCCCCCCCCCCCCC(=O)OC(COC(=O)CCCCCCCCCCCCCCCCCC)COP(=O)(O)OCCN. The Balaban J connectivity index is 3.97. The normalized spacial score (nSPS) is 13.5. The van der Waals surface area contributed by atoms with Crippen molar-refractivity contribution in [3.05, 3.63) is 48.6 Å². The zero-order valence-electron chi connectivity index (χ0n) is 41.5. The van der Waals surface area contributed by atoms with E-state index < -0.39 is 26.5 Å². The van der Waals surface area contributed by atoms with Gasteiger partial charge in [0.1, 0.15) is 6.61 Å². The molecule has 9 nitrogen and oxygen atoms in total. The number of rotatable bonds is 50. The first-order valence-electron chi connectivity index (χ1n) is 26.6. The van der Waals surface area contributed by atoms with Gasteiger partial charge in [0.05, 0.1) is 13.2 Å². The summed E-state index contributed by atoms with van der Waals surface area (Å²) in [4.78, 5) is 35.1. The van der Waals surface area contributed by atoms with Crippen LogP contribution in [0.25, 0.3) is 0 Å². The monoisotopic (exact) mass is 922 g/mol. The fourth-order valence-corrected chi connectivity index (χ4v) is 8.33. The lowest BCUT2D eigenvalue weighted by Crippen LogP contribution is -2.29. The first-order chi connectivity index (χ1) is 31.3. The molecule has 3 N–H and O–H groups in total. The number of unbranched alkanes of at least 4 members (excludes halogenated alkanes) is 29. The molecular weight excluding hydrogens is 822 g/mol. The smallest absolute Gasteiger partial charge is 0.462 e. The second-order valence-electron chi connectivity index (χ2n) is 17.7. The van der Waals surface area contributed by atoms with Crippen molar-refractivity contribution >= 4 is 19.8 Å². The second kappa shape index (κ2) is 50.4. The topological polar surface area (TPSA) is 134 Å². The van der Waals surface area contributed by atoms with Gasteiger partial charge in [-0.2, -0.15) is 0 Å². The van der Waals surface area contributed by atoms with E-state index in [-0.39, 0.29) is 38.6 Å². The van der Waals surface area contributed by atoms with E-state index in [2.05, 4.69) is 62.5 Å². The molecule has 2 atom stereocenters. The number of phosphoric ester groups is 1. The molecule has 0 aromatic carbocycles. The molecule has 0 aliphatic carbocycles. The van der Waals surface area contributed by atoms with Gasteiger partial charge >= 0.3 is 19.8 Å². The Bertz CT molecular complexity index is 1190. The van der Waals surface area contributed by atoms with Crippen LogP contribution in [-0.2, 0) is 32.7 Å². The lowest BCUT2D eigenvalue weighted by molar-refractivity contribution is -0.161. The van der Waals surface area contributed by atoms with Gasteiger partial charge in [-0.1, -0.05) is 236 Å². The van der Waals surface area contributed by atoms with Crippen LogP contribution in [-0.4, -0.2) is 49.3 Å². The van der Waals surface area contributed by atoms with E-state index in [0.29, 0.717) is 6.42 Å². The Kier molecular flexibility index (Phi) is 48.8. The van der Waals surface area contributed by atoms with E-state index in [1.807, 2.05) is 0 Å². The predicted octanol–water partition coefficient (Wildman–Crippen LogP) is 16.2.